The van der Waals surface area contributed by atoms with E-state index in [0.29, 0.717) is 0 Å². The standard InChI is InChI=1S/C84H52FIN2/c85-56-19-15-21-60(49-56)87(62-45-47-72-70-27-5-11-35-78(70)83(80(72)51-62)74-31-7-1-23-66(74)67-24-2-8-32-75(67)83)58-41-37-53(38-42-58)64-29-13-17-55-18-14-30-65(82(55)64)54-39-43-59(44-40-54)88(61-22-16-20-57(86)50-61)63-46-48-73-71-28-6-12-36-79(71)84(81(73)52-63)76-33-9-3-25-68(76)69-26-4-10-34-77(69)84/h1-52H. The van der Waals surface area contributed by atoms with Gasteiger partial charge in [0, 0.05) is 37.7 Å². The van der Waals surface area contributed by atoms with Crippen LogP contribution in [-0.2, 0) is 10.8 Å². The van der Waals surface area contributed by atoms with Crippen molar-refractivity contribution in [1.82, 2.24) is 0 Å². The van der Waals surface area contributed by atoms with Crippen LogP contribution in [0.5, 0.6) is 0 Å². The molecule has 0 saturated carbocycles. The molecule has 4 aliphatic carbocycles. The Morgan fingerprint density at radius 2 is 0.545 bits per heavy atom. The van der Waals surface area contributed by atoms with Gasteiger partial charge in [0.25, 0.3) is 0 Å². The summed E-state index contributed by atoms with van der Waals surface area (Å²) in [7, 11) is 0. The van der Waals surface area contributed by atoms with Gasteiger partial charge in [-0.25, -0.2) is 4.39 Å². The summed E-state index contributed by atoms with van der Waals surface area (Å²) >= 11 is 2.44. The minimum Gasteiger partial charge on any atom is -0.310 e. The highest BCUT2D eigenvalue weighted by atomic mass is 127. The lowest BCUT2D eigenvalue weighted by Gasteiger charge is -2.32. The quantitative estimate of drug-likeness (QED) is 0.140. The predicted molar refractivity (Wildman–Crippen MR) is 369 cm³/mol. The average Bonchev–Trinajstić information content (AvgIpc) is 1.54. The van der Waals surface area contributed by atoms with Crippen LogP contribution < -0.4 is 9.80 Å². The fourth-order valence-corrected chi connectivity index (χ4v) is 16.5. The largest absolute Gasteiger partial charge is 0.310 e. The third-order valence-corrected chi connectivity index (χ3v) is 20.1. The maximum absolute atomic E-state index is 15.6. The van der Waals surface area contributed by atoms with Gasteiger partial charge in [-0.15, -0.1) is 0 Å². The summed E-state index contributed by atoms with van der Waals surface area (Å²) in [6.45, 7) is 0. The van der Waals surface area contributed by atoms with Gasteiger partial charge < -0.3 is 9.80 Å². The molecule has 14 aromatic rings. The van der Waals surface area contributed by atoms with Gasteiger partial charge in [0.15, 0.2) is 0 Å². The van der Waals surface area contributed by atoms with Crippen LogP contribution in [-0.4, -0.2) is 0 Å². The maximum atomic E-state index is 15.6. The van der Waals surface area contributed by atoms with Gasteiger partial charge >= 0.3 is 0 Å². The highest BCUT2D eigenvalue weighted by Crippen LogP contribution is 2.65. The van der Waals surface area contributed by atoms with Crippen LogP contribution in [0.4, 0.5) is 38.5 Å². The van der Waals surface area contributed by atoms with E-state index in [9.17, 15) is 0 Å². The average molecular weight is 1240 g/mol. The van der Waals surface area contributed by atoms with Crippen LogP contribution in [0.2, 0.25) is 0 Å². The van der Waals surface area contributed by atoms with Crippen molar-refractivity contribution in [2.45, 2.75) is 10.8 Å². The summed E-state index contributed by atoms with van der Waals surface area (Å²) in [6, 6.07) is 115. The van der Waals surface area contributed by atoms with E-state index < -0.39 is 10.8 Å². The van der Waals surface area contributed by atoms with E-state index in [4.69, 9.17) is 0 Å². The van der Waals surface area contributed by atoms with Crippen molar-refractivity contribution in [1.29, 1.82) is 0 Å². The van der Waals surface area contributed by atoms with E-state index in [1.54, 1.807) is 12.1 Å². The van der Waals surface area contributed by atoms with E-state index in [1.165, 1.54) is 104 Å². The van der Waals surface area contributed by atoms with Crippen LogP contribution in [0, 0.1) is 9.39 Å². The Hall–Kier alpha value is -10.4. The molecule has 4 heteroatoms. The molecule has 0 unspecified atom stereocenters. The molecule has 2 spiro atoms. The molecule has 0 amide bonds. The molecule has 4 aliphatic rings. The highest BCUT2D eigenvalue weighted by Gasteiger charge is 2.53. The van der Waals surface area contributed by atoms with Crippen LogP contribution in [0.15, 0.2) is 315 Å². The molecule has 0 radical (unpaired) electrons. The summed E-state index contributed by atoms with van der Waals surface area (Å²) in [4.78, 5) is 4.63. The van der Waals surface area contributed by atoms with E-state index in [0.717, 1.165) is 61.8 Å². The molecule has 0 aliphatic heterocycles. The number of rotatable bonds is 8. The van der Waals surface area contributed by atoms with Crippen LogP contribution in [0.25, 0.3) is 77.5 Å². The van der Waals surface area contributed by atoms with Crippen molar-refractivity contribution in [2.24, 2.45) is 0 Å². The van der Waals surface area contributed by atoms with Crippen molar-refractivity contribution in [3.63, 3.8) is 0 Å². The van der Waals surface area contributed by atoms with Crippen molar-refractivity contribution in [3.05, 3.63) is 369 Å². The van der Waals surface area contributed by atoms with E-state index in [1.807, 2.05) is 6.07 Å². The van der Waals surface area contributed by atoms with Crippen LogP contribution >= 0.6 is 22.6 Å². The molecule has 0 heterocycles. The van der Waals surface area contributed by atoms with Crippen LogP contribution in [0.1, 0.15) is 44.5 Å². The lowest BCUT2D eigenvalue weighted by atomic mass is 9.70. The summed E-state index contributed by atoms with van der Waals surface area (Å²) in [5, 5.41) is 2.35. The van der Waals surface area contributed by atoms with Crippen molar-refractivity contribution < 1.29 is 4.39 Å². The molecule has 0 bridgehead atoms. The lowest BCUT2D eigenvalue weighted by Crippen LogP contribution is -2.26. The number of anilines is 6. The van der Waals surface area contributed by atoms with Gasteiger partial charge in [-0.2, -0.15) is 0 Å². The molecule has 412 valence electrons. The Morgan fingerprint density at radius 1 is 0.239 bits per heavy atom. The number of fused-ring (bicyclic) bond motifs is 21. The molecule has 0 aromatic heterocycles. The normalized spacial score (nSPS) is 13.5. The molecule has 18 rings (SSSR count). The Morgan fingerprint density at radius 3 is 0.920 bits per heavy atom. The number of nitrogens with zero attached hydrogens (tertiary/aromatic N) is 2. The molecule has 0 saturated heterocycles. The zero-order valence-electron chi connectivity index (χ0n) is 47.7. The second-order valence-electron chi connectivity index (χ2n) is 23.7. The minimum absolute atomic E-state index is 0.286. The number of hydrogen-bond donors (Lipinski definition) is 0. The van der Waals surface area contributed by atoms with Gasteiger partial charge in [-0.1, -0.05) is 231 Å². The second kappa shape index (κ2) is 19.6. The predicted octanol–water partition coefficient (Wildman–Crippen LogP) is 22.5. The Labute approximate surface area is 524 Å². The fourth-order valence-electron chi connectivity index (χ4n) is 16.0. The first-order chi connectivity index (χ1) is 43.5. The minimum atomic E-state index is -0.518. The second-order valence-corrected chi connectivity index (χ2v) is 24.9. The summed E-state index contributed by atoms with van der Waals surface area (Å²) in [5.74, 6) is -0.286. The zero-order valence-corrected chi connectivity index (χ0v) is 49.8. The molecule has 2 nitrogen and oxygen atoms in total. The zero-order chi connectivity index (χ0) is 58.2. The monoisotopic (exact) mass is 1230 g/mol. The molecule has 0 atom stereocenters. The molecule has 14 aromatic carbocycles. The van der Waals surface area contributed by atoms with Gasteiger partial charge in [0.05, 0.1) is 10.8 Å². The van der Waals surface area contributed by atoms with Crippen LogP contribution in [0.3, 0.4) is 0 Å². The van der Waals surface area contributed by atoms with Crippen molar-refractivity contribution >= 4 is 67.5 Å². The van der Waals surface area contributed by atoms with E-state index >= 15 is 4.39 Å². The topological polar surface area (TPSA) is 6.48 Å². The number of halogens is 2. The maximum Gasteiger partial charge on any atom is 0.125 e. The van der Waals surface area contributed by atoms with Gasteiger partial charge in [-0.3, -0.25) is 0 Å². The van der Waals surface area contributed by atoms with Gasteiger partial charge in [0.2, 0.25) is 0 Å². The Kier molecular flexibility index (Phi) is 11.3. The summed E-state index contributed by atoms with van der Waals surface area (Å²) in [5.41, 5.74) is 30.0. The van der Waals surface area contributed by atoms with E-state index in [2.05, 4.69) is 324 Å². The molecule has 88 heavy (non-hydrogen) atoms. The SMILES string of the molecule is Fc1cccc(N(c2ccc(-c3cccc4cccc(-c5ccc(N(c6cccc(I)c6)c6ccc7c(c6)C6(c8ccccc8-c8ccccc86)c6ccccc6-7)cc5)c34)cc2)c2ccc3c(c2)C2(c4ccccc4-c4ccccc42)c2ccccc2-3)c1. The Bertz CT molecular complexity index is 4770. The van der Waals surface area contributed by atoms with E-state index in [-0.39, 0.29) is 5.82 Å². The van der Waals surface area contributed by atoms with Gasteiger partial charge in [-0.05, 0) is 230 Å². The molecular formula is C84H52FIN2. The first-order valence-corrected chi connectivity index (χ1v) is 31.3. The summed E-state index contributed by atoms with van der Waals surface area (Å²) < 4.78 is 16.7. The third kappa shape index (κ3) is 7.21. The fraction of sp³-hybridized carbons (Fsp3) is 0.0238. The Balaban J connectivity index is 0.734. The number of hydrogen-bond acceptors (Lipinski definition) is 2. The van der Waals surface area contributed by atoms with Gasteiger partial charge in [0.1, 0.15) is 5.82 Å². The molecular weight excluding hydrogens is 1180 g/mol. The van der Waals surface area contributed by atoms with Crippen molar-refractivity contribution in [2.75, 3.05) is 9.80 Å². The smallest absolute Gasteiger partial charge is 0.125 e. The molecule has 0 N–H and O–H groups in total. The lowest BCUT2D eigenvalue weighted by molar-refractivity contribution is 0.628. The molecule has 0 fully saturated rings. The summed E-state index contributed by atoms with van der Waals surface area (Å²) in [6.07, 6.45) is 0. The first kappa shape index (κ1) is 50.9. The first-order valence-electron chi connectivity index (χ1n) is 30.2. The third-order valence-electron chi connectivity index (χ3n) is 19.4. The van der Waals surface area contributed by atoms with Crippen molar-refractivity contribution in [3.8, 4) is 66.8 Å². The highest BCUT2D eigenvalue weighted by molar-refractivity contribution is 14.1. The number of benzene rings is 14.